The molecular formula is C19H19N5O2. The van der Waals surface area contributed by atoms with Crippen LogP contribution in [0.1, 0.15) is 23.4 Å². The molecule has 0 aliphatic carbocycles. The smallest absolute Gasteiger partial charge is 0.254 e. The number of hydrogen-bond acceptors (Lipinski definition) is 5. The van der Waals surface area contributed by atoms with E-state index >= 15 is 0 Å². The van der Waals surface area contributed by atoms with Gasteiger partial charge in [0.1, 0.15) is 11.6 Å². The monoisotopic (exact) mass is 349 g/mol. The molecule has 3 aromatic rings. The Kier molecular flexibility index (Phi) is 5.17. The number of nitrogens with zero attached hydrogens (tertiary/aromatic N) is 3. The van der Waals surface area contributed by atoms with Crippen molar-refractivity contribution in [3.63, 3.8) is 0 Å². The Bertz CT molecular complexity index is 983. The van der Waals surface area contributed by atoms with Crippen LogP contribution in [-0.2, 0) is 11.2 Å². The van der Waals surface area contributed by atoms with Crippen molar-refractivity contribution in [1.29, 1.82) is 0 Å². The number of aryl methyl sites for hydroxylation is 2. The van der Waals surface area contributed by atoms with E-state index in [1.807, 2.05) is 25.1 Å². The van der Waals surface area contributed by atoms with E-state index in [4.69, 9.17) is 0 Å². The number of aromatic nitrogens is 4. The summed E-state index contributed by atoms with van der Waals surface area (Å²) in [6.07, 6.45) is 3.77. The summed E-state index contributed by atoms with van der Waals surface area (Å²) in [5, 5.41) is 2.74. The lowest BCUT2D eigenvalue weighted by Gasteiger charge is -2.08. The second kappa shape index (κ2) is 7.69. The minimum Gasteiger partial charge on any atom is -0.311 e. The van der Waals surface area contributed by atoms with Crippen molar-refractivity contribution in [3.05, 3.63) is 70.0 Å². The van der Waals surface area contributed by atoms with Gasteiger partial charge < -0.3 is 10.3 Å². The van der Waals surface area contributed by atoms with Crippen LogP contribution in [0.2, 0.25) is 0 Å². The molecule has 132 valence electrons. The van der Waals surface area contributed by atoms with Crippen LogP contribution < -0.4 is 10.9 Å². The second-order valence-corrected chi connectivity index (χ2v) is 5.93. The summed E-state index contributed by atoms with van der Waals surface area (Å²) in [6.45, 7) is 3.62. The Morgan fingerprint density at radius 1 is 1.15 bits per heavy atom. The molecule has 2 N–H and O–H groups in total. The maximum Gasteiger partial charge on any atom is 0.254 e. The minimum atomic E-state index is -0.238. The van der Waals surface area contributed by atoms with Gasteiger partial charge in [0.2, 0.25) is 5.91 Å². The molecule has 3 heterocycles. The summed E-state index contributed by atoms with van der Waals surface area (Å²) in [5.74, 6) is 0.779. The average Bonchev–Trinajstić information content (AvgIpc) is 2.61. The predicted octanol–water partition coefficient (Wildman–Crippen LogP) is 2.42. The highest BCUT2D eigenvalue weighted by molar-refractivity contribution is 5.89. The van der Waals surface area contributed by atoms with E-state index in [2.05, 4.69) is 25.3 Å². The van der Waals surface area contributed by atoms with Gasteiger partial charge in [0, 0.05) is 41.3 Å². The largest absolute Gasteiger partial charge is 0.311 e. The normalized spacial score (nSPS) is 10.5. The van der Waals surface area contributed by atoms with Gasteiger partial charge in [-0.1, -0.05) is 6.07 Å². The molecule has 0 bridgehead atoms. The van der Waals surface area contributed by atoms with Crippen molar-refractivity contribution in [2.45, 2.75) is 26.7 Å². The topological polar surface area (TPSA) is 101 Å². The van der Waals surface area contributed by atoms with Crippen molar-refractivity contribution in [2.24, 2.45) is 0 Å². The molecule has 3 rings (SSSR count). The van der Waals surface area contributed by atoms with Crippen molar-refractivity contribution in [3.8, 4) is 11.4 Å². The lowest BCUT2D eigenvalue weighted by atomic mass is 10.1. The van der Waals surface area contributed by atoms with Crippen LogP contribution in [0.15, 0.2) is 47.5 Å². The van der Waals surface area contributed by atoms with E-state index < -0.39 is 0 Å². The summed E-state index contributed by atoms with van der Waals surface area (Å²) >= 11 is 0. The number of nitrogens with one attached hydrogen (secondary N) is 2. The molecule has 0 atom stereocenters. The van der Waals surface area contributed by atoms with Gasteiger partial charge in [-0.3, -0.25) is 14.6 Å². The average molecular weight is 349 g/mol. The third-order valence-corrected chi connectivity index (χ3v) is 3.92. The summed E-state index contributed by atoms with van der Waals surface area (Å²) in [5.41, 5.74) is 2.43. The van der Waals surface area contributed by atoms with Crippen molar-refractivity contribution < 1.29 is 4.79 Å². The molecule has 0 saturated heterocycles. The molecule has 7 heteroatoms. The third-order valence-electron chi connectivity index (χ3n) is 3.92. The van der Waals surface area contributed by atoms with E-state index in [-0.39, 0.29) is 17.9 Å². The van der Waals surface area contributed by atoms with Gasteiger partial charge in [0.15, 0.2) is 0 Å². The van der Waals surface area contributed by atoms with Crippen molar-refractivity contribution in [2.75, 3.05) is 5.32 Å². The van der Waals surface area contributed by atoms with Gasteiger partial charge in [0.25, 0.3) is 5.56 Å². The predicted molar refractivity (Wildman–Crippen MR) is 98.8 cm³/mol. The lowest BCUT2D eigenvalue weighted by molar-refractivity contribution is -0.116. The molecule has 0 aromatic carbocycles. The molecule has 0 saturated carbocycles. The summed E-state index contributed by atoms with van der Waals surface area (Å²) < 4.78 is 0. The molecular weight excluding hydrogens is 330 g/mol. The van der Waals surface area contributed by atoms with Crippen LogP contribution in [0, 0.1) is 13.8 Å². The quantitative estimate of drug-likeness (QED) is 0.737. The maximum atomic E-state index is 12.4. The Labute approximate surface area is 150 Å². The molecule has 7 nitrogen and oxygen atoms in total. The van der Waals surface area contributed by atoms with Gasteiger partial charge in [-0.15, -0.1) is 0 Å². The zero-order valence-electron chi connectivity index (χ0n) is 14.6. The van der Waals surface area contributed by atoms with Crippen molar-refractivity contribution in [1.82, 2.24) is 19.9 Å². The molecule has 0 radical (unpaired) electrons. The number of pyridine rings is 2. The summed E-state index contributed by atoms with van der Waals surface area (Å²) in [7, 11) is 0. The number of aromatic amines is 1. The fourth-order valence-corrected chi connectivity index (χ4v) is 2.60. The van der Waals surface area contributed by atoms with Crippen LogP contribution in [-0.4, -0.2) is 25.8 Å². The highest BCUT2D eigenvalue weighted by atomic mass is 16.1. The number of amides is 1. The summed E-state index contributed by atoms with van der Waals surface area (Å²) in [4.78, 5) is 40.0. The first-order chi connectivity index (χ1) is 12.5. The molecule has 0 aliphatic heterocycles. The van der Waals surface area contributed by atoms with E-state index in [0.717, 1.165) is 11.3 Å². The van der Waals surface area contributed by atoms with Gasteiger partial charge in [-0.25, -0.2) is 9.97 Å². The standard InChI is InChI=1S/C19H19N5O2/c1-12-5-3-7-16(21-12)23-17(25)9-8-15-13(2)22-18(24-19(15)26)14-6-4-10-20-11-14/h3-7,10-11H,8-9H2,1-2H3,(H,21,23,25)(H,22,24,26). The first-order valence-corrected chi connectivity index (χ1v) is 8.26. The Hall–Kier alpha value is -3.35. The van der Waals surface area contributed by atoms with Crippen molar-refractivity contribution >= 4 is 11.7 Å². The fourth-order valence-electron chi connectivity index (χ4n) is 2.60. The zero-order chi connectivity index (χ0) is 18.5. The third kappa shape index (κ3) is 4.18. The highest BCUT2D eigenvalue weighted by Gasteiger charge is 2.12. The molecule has 0 aliphatic rings. The van der Waals surface area contributed by atoms with E-state index in [0.29, 0.717) is 29.3 Å². The highest BCUT2D eigenvalue weighted by Crippen LogP contribution is 2.13. The van der Waals surface area contributed by atoms with E-state index in [1.165, 1.54) is 0 Å². The maximum absolute atomic E-state index is 12.4. The molecule has 1 amide bonds. The van der Waals surface area contributed by atoms with Gasteiger partial charge in [0.05, 0.1) is 0 Å². The molecule has 26 heavy (non-hydrogen) atoms. The van der Waals surface area contributed by atoms with Crippen LogP contribution in [0.25, 0.3) is 11.4 Å². The van der Waals surface area contributed by atoms with E-state index in [9.17, 15) is 9.59 Å². The first-order valence-electron chi connectivity index (χ1n) is 8.26. The number of H-pyrrole nitrogens is 1. The lowest BCUT2D eigenvalue weighted by Crippen LogP contribution is -2.20. The van der Waals surface area contributed by atoms with Gasteiger partial charge in [-0.05, 0) is 44.5 Å². The zero-order valence-corrected chi connectivity index (χ0v) is 14.6. The number of hydrogen-bond donors (Lipinski definition) is 2. The van der Waals surface area contributed by atoms with Crippen LogP contribution in [0.5, 0.6) is 0 Å². The molecule has 0 spiro atoms. The second-order valence-electron chi connectivity index (χ2n) is 5.93. The first kappa shape index (κ1) is 17.5. The van der Waals surface area contributed by atoms with Gasteiger partial charge >= 0.3 is 0 Å². The minimum absolute atomic E-state index is 0.174. The van der Waals surface area contributed by atoms with Crippen LogP contribution in [0.3, 0.4) is 0 Å². The van der Waals surface area contributed by atoms with E-state index in [1.54, 1.807) is 31.5 Å². The Balaban J connectivity index is 1.70. The summed E-state index contributed by atoms with van der Waals surface area (Å²) in [6, 6.07) is 9.02. The molecule has 0 unspecified atom stereocenters. The molecule has 0 fully saturated rings. The molecule has 3 aromatic heterocycles. The Morgan fingerprint density at radius 2 is 2.00 bits per heavy atom. The number of rotatable bonds is 5. The SMILES string of the molecule is Cc1cccc(NC(=O)CCc2c(C)nc(-c3cccnc3)[nH]c2=O)n1. The van der Waals surface area contributed by atoms with Crippen LogP contribution in [0.4, 0.5) is 5.82 Å². The number of carbonyl (C=O) groups is 1. The van der Waals surface area contributed by atoms with Crippen LogP contribution >= 0.6 is 0 Å². The van der Waals surface area contributed by atoms with Gasteiger partial charge in [-0.2, -0.15) is 0 Å². The fraction of sp³-hybridized carbons (Fsp3) is 0.211. The number of carbonyl (C=O) groups excluding carboxylic acids is 1. The Morgan fingerprint density at radius 3 is 2.69 bits per heavy atom. The number of anilines is 1.